The molecule has 0 spiro atoms. The van der Waals surface area contributed by atoms with Gasteiger partial charge in [-0.2, -0.15) is 5.10 Å². The average Bonchev–Trinajstić information content (AvgIpc) is 3.63. The Morgan fingerprint density at radius 1 is 0.900 bits per heavy atom. The molecule has 6 aromatic rings. The number of fused-ring (bicyclic) bond motifs is 2. The molecule has 7 rings (SSSR count). The normalized spacial score (nSPS) is 14.1. The van der Waals surface area contributed by atoms with Gasteiger partial charge in [0, 0.05) is 47.2 Å². The molecule has 1 fully saturated rings. The Morgan fingerprint density at radius 3 is 2.60 bits per heavy atom. The molecule has 9 nitrogen and oxygen atoms in total. The van der Waals surface area contributed by atoms with Crippen molar-refractivity contribution in [3.8, 4) is 33.9 Å². The van der Waals surface area contributed by atoms with E-state index in [1.165, 1.54) is 12.5 Å². The highest BCUT2D eigenvalue weighted by atomic mass is 19.1. The van der Waals surface area contributed by atoms with E-state index in [4.69, 9.17) is 4.98 Å². The molecule has 10 heteroatoms. The maximum absolute atomic E-state index is 15.3. The van der Waals surface area contributed by atoms with Gasteiger partial charge < -0.3 is 10.3 Å². The third-order valence-electron chi connectivity index (χ3n) is 7.52. The van der Waals surface area contributed by atoms with Crippen LogP contribution >= 0.6 is 0 Å². The van der Waals surface area contributed by atoms with Crippen LogP contribution in [0.25, 0.3) is 55.8 Å². The van der Waals surface area contributed by atoms with Crippen LogP contribution in [0, 0.1) is 11.7 Å². The molecule has 0 aliphatic heterocycles. The molecule has 5 aromatic heterocycles. The Labute approximate surface area is 228 Å². The first-order chi connectivity index (χ1) is 19.6. The minimum atomic E-state index is -0.470. The van der Waals surface area contributed by atoms with Crippen LogP contribution in [0.15, 0.2) is 67.4 Å². The molecular weight excluding hydrogens is 507 g/mol. The zero-order chi connectivity index (χ0) is 27.1. The highest BCUT2D eigenvalue weighted by Gasteiger charge is 2.22. The van der Waals surface area contributed by atoms with Gasteiger partial charge >= 0.3 is 0 Å². The summed E-state index contributed by atoms with van der Waals surface area (Å²) >= 11 is 0. The van der Waals surface area contributed by atoms with Crippen LogP contribution in [0.5, 0.6) is 0 Å². The summed E-state index contributed by atoms with van der Waals surface area (Å²) in [5, 5.41) is 10.8. The first kappa shape index (κ1) is 24.1. The maximum Gasteiger partial charge on any atom is 0.227 e. The van der Waals surface area contributed by atoms with E-state index < -0.39 is 5.82 Å². The molecule has 0 saturated heterocycles. The van der Waals surface area contributed by atoms with E-state index in [2.05, 4.69) is 35.5 Å². The van der Waals surface area contributed by atoms with Crippen LogP contribution < -0.4 is 5.32 Å². The van der Waals surface area contributed by atoms with Crippen LogP contribution in [-0.2, 0) is 4.79 Å². The van der Waals surface area contributed by atoms with Crippen molar-refractivity contribution in [3.63, 3.8) is 0 Å². The molecule has 1 saturated carbocycles. The monoisotopic (exact) mass is 532 g/mol. The van der Waals surface area contributed by atoms with Crippen LogP contribution in [0.3, 0.4) is 0 Å². The maximum atomic E-state index is 15.3. The topological polar surface area (TPSA) is 125 Å². The number of carbonyl (C=O) groups is 1. The van der Waals surface area contributed by atoms with Gasteiger partial charge in [0.05, 0.1) is 23.1 Å². The number of anilines is 1. The van der Waals surface area contributed by atoms with Crippen molar-refractivity contribution in [2.75, 3.05) is 5.32 Å². The molecule has 0 radical (unpaired) electrons. The first-order valence-corrected chi connectivity index (χ1v) is 13.3. The SMILES string of the molecule is O=C(Nc1cncc(-c2cc(F)c3n[nH]c(-c4nc5c(-c6ccncc6)nccc5[nH]4)c3c2)c1)C1CCCCC1. The number of nitrogens with one attached hydrogen (secondary N) is 3. The van der Waals surface area contributed by atoms with Gasteiger partial charge in [-0.3, -0.25) is 24.8 Å². The van der Waals surface area contributed by atoms with Gasteiger partial charge in [-0.15, -0.1) is 0 Å². The zero-order valence-electron chi connectivity index (χ0n) is 21.5. The van der Waals surface area contributed by atoms with E-state index in [-0.39, 0.29) is 17.3 Å². The fraction of sp³-hybridized carbons (Fsp3) is 0.200. The number of nitrogens with zero attached hydrogens (tertiary/aromatic N) is 5. The van der Waals surface area contributed by atoms with Gasteiger partial charge in [0.15, 0.2) is 11.6 Å². The molecule has 198 valence electrons. The lowest BCUT2D eigenvalue weighted by atomic mass is 9.88. The summed E-state index contributed by atoms with van der Waals surface area (Å²) in [6.07, 6.45) is 13.6. The summed E-state index contributed by atoms with van der Waals surface area (Å²) in [6, 6.07) is 10.7. The van der Waals surface area contributed by atoms with E-state index in [1.54, 1.807) is 31.0 Å². The van der Waals surface area contributed by atoms with Gasteiger partial charge in [-0.1, -0.05) is 19.3 Å². The summed E-state index contributed by atoms with van der Waals surface area (Å²) in [5.41, 5.74) is 5.75. The second kappa shape index (κ2) is 9.96. The van der Waals surface area contributed by atoms with Gasteiger partial charge in [0.1, 0.15) is 16.7 Å². The molecule has 40 heavy (non-hydrogen) atoms. The lowest BCUT2D eigenvalue weighted by Gasteiger charge is -2.20. The molecule has 1 aromatic carbocycles. The molecule has 1 aliphatic rings. The number of halogens is 1. The highest BCUT2D eigenvalue weighted by Crippen LogP contribution is 2.34. The lowest BCUT2D eigenvalue weighted by Crippen LogP contribution is -2.24. The van der Waals surface area contributed by atoms with Crippen molar-refractivity contribution in [1.29, 1.82) is 0 Å². The number of hydrogen-bond acceptors (Lipinski definition) is 6. The number of pyridine rings is 3. The van der Waals surface area contributed by atoms with E-state index in [1.807, 2.05) is 30.3 Å². The molecule has 5 heterocycles. The Bertz CT molecular complexity index is 1860. The number of carbonyl (C=O) groups excluding carboxylic acids is 1. The summed E-state index contributed by atoms with van der Waals surface area (Å²) in [7, 11) is 0. The molecule has 0 atom stereocenters. The van der Waals surface area contributed by atoms with E-state index in [0.29, 0.717) is 39.2 Å². The minimum Gasteiger partial charge on any atom is -0.337 e. The fourth-order valence-corrected chi connectivity index (χ4v) is 5.47. The van der Waals surface area contributed by atoms with Crippen LogP contribution in [-0.4, -0.2) is 41.0 Å². The smallest absolute Gasteiger partial charge is 0.227 e. The van der Waals surface area contributed by atoms with Gasteiger partial charge in [-0.05, 0) is 54.8 Å². The highest BCUT2D eigenvalue weighted by molar-refractivity contribution is 5.98. The number of aromatic amines is 2. The summed E-state index contributed by atoms with van der Waals surface area (Å²) in [4.78, 5) is 33.8. The van der Waals surface area contributed by atoms with E-state index in [9.17, 15) is 4.79 Å². The standard InChI is InChI=1S/C30H25FN8O/c31-23-14-19(20-12-21(16-33-15-20)35-30(40)18-4-2-1-3-5-18)13-22-26(23)38-39-27(22)29-36-24-8-11-34-25(28(24)37-29)17-6-9-32-10-7-17/h6-16,18H,1-5H2,(H,35,40)(H,36,37)(H,38,39). The molecule has 0 bridgehead atoms. The third kappa shape index (κ3) is 4.37. The van der Waals surface area contributed by atoms with Gasteiger partial charge in [-0.25, -0.2) is 9.37 Å². The fourth-order valence-electron chi connectivity index (χ4n) is 5.47. The number of benzene rings is 1. The number of amides is 1. The number of aromatic nitrogens is 7. The number of rotatable bonds is 5. The largest absolute Gasteiger partial charge is 0.337 e. The van der Waals surface area contributed by atoms with Crippen LogP contribution in [0.1, 0.15) is 32.1 Å². The zero-order valence-corrected chi connectivity index (χ0v) is 21.5. The van der Waals surface area contributed by atoms with E-state index >= 15 is 4.39 Å². The number of H-pyrrole nitrogens is 2. The predicted octanol–water partition coefficient (Wildman–Crippen LogP) is 6.28. The van der Waals surface area contributed by atoms with Crippen molar-refractivity contribution >= 4 is 33.5 Å². The molecular formula is C30H25FN8O. The average molecular weight is 533 g/mol. The Hall–Kier alpha value is -4.99. The molecule has 0 unspecified atom stereocenters. The van der Waals surface area contributed by atoms with Crippen molar-refractivity contribution < 1.29 is 9.18 Å². The first-order valence-electron chi connectivity index (χ1n) is 13.3. The molecule has 1 amide bonds. The Kier molecular flexibility index (Phi) is 5.99. The Balaban J connectivity index is 1.25. The second-order valence-corrected chi connectivity index (χ2v) is 10.1. The summed E-state index contributed by atoms with van der Waals surface area (Å²) in [6.45, 7) is 0. The summed E-state index contributed by atoms with van der Waals surface area (Å²) in [5.74, 6) is 0.0894. The van der Waals surface area contributed by atoms with Crippen LogP contribution in [0.2, 0.25) is 0 Å². The molecule has 1 aliphatic carbocycles. The molecule has 3 N–H and O–H groups in total. The predicted molar refractivity (Wildman–Crippen MR) is 151 cm³/mol. The number of imidazole rings is 1. The number of hydrogen-bond donors (Lipinski definition) is 3. The van der Waals surface area contributed by atoms with Gasteiger partial charge in [0.25, 0.3) is 0 Å². The van der Waals surface area contributed by atoms with Crippen molar-refractivity contribution in [3.05, 3.63) is 73.2 Å². The quantitative estimate of drug-likeness (QED) is 0.240. The van der Waals surface area contributed by atoms with Crippen LogP contribution in [0.4, 0.5) is 10.1 Å². The van der Waals surface area contributed by atoms with Gasteiger partial charge in [0.2, 0.25) is 5.91 Å². The minimum absolute atomic E-state index is 0.0166. The van der Waals surface area contributed by atoms with Crippen molar-refractivity contribution in [2.24, 2.45) is 5.92 Å². The van der Waals surface area contributed by atoms with E-state index in [0.717, 1.165) is 42.5 Å². The summed E-state index contributed by atoms with van der Waals surface area (Å²) < 4.78 is 15.3. The van der Waals surface area contributed by atoms with Crippen molar-refractivity contribution in [1.82, 2.24) is 35.1 Å². The van der Waals surface area contributed by atoms with Crippen molar-refractivity contribution in [2.45, 2.75) is 32.1 Å². The second-order valence-electron chi connectivity index (χ2n) is 10.1. The Morgan fingerprint density at radius 2 is 1.75 bits per heavy atom. The lowest BCUT2D eigenvalue weighted by molar-refractivity contribution is -0.120. The third-order valence-corrected chi connectivity index (χ3v) is 7.52.